The van der Waals surface area contributed by atoms with Crippen molar-refractivity contribution in [3.63, 3.8) is 0 Å². The molecule has 11 heteroatoms. The number of para-hydroxylation sites is 1. The fourth-order valence-electron chi connectivity index (χ4n) is 5.68. The first-order valence-electron chi connectivity index (χ1n) is 14.8. The summed E-state index contributed by atoms with van der Waals surface area (Å²) in [6.07, 6.45) is 8.48. The Morgan fingerprint density at radius 1 is 1.14 bits per heavy atom. The van der Waals surface area contributed by atoms with Crippen molar-refractivity contribution in [1.29, 1.82) is 5.41 Å². The van der Waals surface area contributed by atoms with Gasteiger partial charge in [0.25, 0.3) is 0 Å². The number of nitrogens with one attached hydrogen (secondary N) is 4. The van der Waals surface area contributed by atoms with Crippen molar-refractivity contribution in [3.05, 3.63) is 58.3 Å². The van der Waals surface area contributed by atoms with Crippen molar-refractivity contribution in [2.75, 3.05) is 49.6 Å². The molecule has 0 fully saturated rings. The number of hydrogen-bond donors (Lipinski definition) is 4. The van der Waals surface area contributed by atoms with Gasteiger partial charge in [-0.3, -0.25) is 0 Å². The molecule has 0 unspecified atom stereocenters. The minimum atomic E-state index is -1.69. The molecule has 0 amide bonds. The first-order chi connectivity index (χ1) is 20.6. The molecule has 1 aromatic heterocycles. The Bertz CT molecular complexity index is 1530. The number of benzene rings is 2. The lowest BCUT2D eigenvalue weighted by Gasteiger charge is -2.34. The first kappa shape index (κ1) is 33.0. The van der Waals surface area contributed by atoms with Crippen molar-refractivity contribution >= 4 is 79.7 Å². The van der Waals surface area contributed by atoms with Gasteiger partial charge < -0.3 is 31.0 Å². The summed E-state index contributed by atoms with van der Waals surface area (Å²) in [4.78, 5) is 11.9. The largest absolute Gasteiger partial charge is 0.494 e. The van der Waals surface area contributed by atoms with Crippen LogP contribution in [0.25, 0.3) is 5.57 Å². The predicted octanol–water partition coefficient (Wildman–Crippen LogP) is 7.86. The molecule has 0 aliphatic carbocycles. The molecule has 2 heterocycles. The number of allylic oxidation sites excluding steroid dienone is 1. The third-order valence-electron chi connectivity index (χ3n) is 7.70. The number of fused-ring (bicyclic) bond motifs is 1. The Labute approximate surface area is 269 Å². The number of nitrogens with zero attached hydrogens (tertiary/aromatic N) is 3. The van der Waals surface area contributed by atoms with Gasteiger partial charge in [-0.1, -0.05) is 56.7 Å². The highest BCUT2D eigenvalue weighted by Gasteiger charge is 2.27. The average molecular weight is 685 g/mol. The van der Waals surface area contributed by atoms with E-state index in [0.29, 0.717) is 23.6 Å². The molecule has 0 atom stereocenters. The summed E-state index contributed by atoms with van der Waals surface area (Å²) < 4.78 is 6.67. The standard InChI is InChI=1S/C32H43BrN7OPS/c1-7-11-21(12-8-2)40-16-15-25(35-3)23(19-34)22-17-27(29(41-4)18-28(22)40)38-32-36-20-24(33)31(39-32)37-26-13-9-10-14-30(26)42(5,6)43/h9-10,13-14,17-21,34-35H,7-8,11-12,15-16H2,1-6H3,(H2,36,37,38,39). The summed E-state index contributed by atoms with van der Waals surface area (Å²) in [5.74, 6) is 1.74. The number of methoxy groups -OCH3 is 1. The minimum absolute atomic E-state index is 0.411. The van der Waals surface area contributed by atoms with E-state index in [-0.39, 0.29) is 0 Å². The van der Waals surface area contributed by atoms with Gasteiger partial charge in [0.1, 0.15) is 11.6 Å². The minimum Gasteiger partial charge on any atom is -0.494 e. The summed E-state index contributed by atoms with van der Waals surface area (Å²) in [5, 5.41) is 19.7. The molecular formula is C32H43BrN7OPS. The topological polar surface area (TPSA) is 98.2 Å². The maximum atomic E-state index is 8.37. The lowest BCUT2D eigenvalue weighted by Crippen LogP contribution is -2.36. The SMILES string of the molecule is CCCC(CCC)N1CCC(NC)=C(C=N)c2cc(Nc3ncc(Br)c(Nc4ccccc4P(C)(C)=S)n3)c(OC)cc21. The maximum absolute atomic E-state index is 8.37. The van der Waals surface area contributed by atoms with Gasteiger partial charge in [-0.05, 0) is 60.3 Å². The zero-order valence-corrected chi connectivity index (χ0v) is 29.2. The summed E-state index contributed by atoms with van der Waals surface area (Å²) in [6.45, 7) is 9.61. The van der Waals surface area contributed by atoms with E-state index in [1.165, 1.54) is 6.21 Å². The van der Waals surface area contributed by atoms with Crippen LogP contribution in [0, 0.1) is 5.41 Å². The second kappa shape index (κ2) is 14.7. The zero-order valence-electron chi connectivity index (χ0n) is 25.9. The van der Waals surface area contributed by atoms with Crippen LogP contribution in [-0.2, 0) is 11.8 Å². The number of hydrogen-bond acceptors (Lipinski definition) is 9. The van der Waals surface area contributed by atoms with Crippen LogP contribution in [0.2, 0.25) is 0 Å². The number of rotatable bonds is 13. The summed E-state index contributed by atoms with van der Waals surface area (Å²) in [5.41, 5.74) is 5.67. The number of anilines is 5. The Kier molecular flexibility index (Phi) is 11.3. The molecule has 43 heavy (non-hydrogen) atoms. The van der Waals surface area contributed by atoms with Crippen LogP contribution >= 0.6 is 22.0 Å². The van der Waals surface area contributed by atoms with Gasteiger partial charge in [0.05, 0.1) is 17.3 Å². The van der Waals surface area contributed by atoms with Crippen LogP contribution in [0.3, 0.4) is 0 Å². The van der Waals surface area contributed by atoms with E-state index < -0.39 is 6.04 Å². The molecule has 3 aromatic rings. The molecular weight excluding hydrogens is 641 g/mol. The van der Waals surface area contributed by atoms with Crippen molar-refractivity contribution < 1.29 is 4.74 Å². The molecule has 1 aliphatic rings. The predicted molar refractivity (Wildman–Crippen MR) is 192 cm³/mol. The Balaban J connectivity index is 1.78. The average Bonchev–Trinajstić information content (AvgIpc) is 3.13. The fraction of sp³-hybridized carbons (Fsp3) is 0.406. The van der Waals surface area contributed by atoms with E-state index in [1.54, 1.807) is 13.3 Å². The zero-order chi connectivity index (χ0) is 31.1. The molecule has 8 nitrogen and oxygen atoms in total. The van der Waals surface area contributed by atoms with Crippen LogP contribution in [0.4, 0.5) is 28.8 Å². The van der Waals surface area contributed by atoms with Gasteiger partial charge in [-0.2, -0.15) is 4.98 Å². The van der Waals surface area contributed by atoms with Gasteiger partial charge >= 0.3 is 0 Å². The lowest BCUT2D eigenvalue weighted by atomic mass is 9.99. The molecule has 4 rings (SSSR count). The fourth-order valence-corrected chi connectivity index (χ4v) is 7.60. The molecule has 0 bridgehead atoms. The summed E-state index contributed by atoms with van der Waals surface area (Å²) in [7, 11) is 3.62. The smallest absolute Gasteiger partial charge is 0.229 e. The van der Waals surface area contributed by atoms with Crippen molar-refractivity contribution in [2.45, 2.75) is 52.0 Å². The van der Waals surface area contributed by atoms with E-state index in [1.807, 2.05) is 25.2 Å². The molecule has 0 saturated heterocycles. The third kappa shape index (κ3) is 7.59. The monoisotopic (exact) mass is 683 g/mol. The van der Waals surface area contributed by atoms with Crippen LogP contribution in [0.5, 0.6) is 5.75 Å². The number of aromatic nitrogens is 2. The third-order valence-corrected chi connectivity index (χ3v) is 10.4. The van der Waals surface area contributed by atoms with Crippen molar-refractivity contribution in [3.8, 4) is 5.75 Å². The van der Waals surface area contributed by atoms with E-state index in [9.17, 15) is 0 Å². The second-order valence-electron chi connectivity index (χ2n) is 11.0. The summed E-state index contributed by atoms with van der Waals surface area (Å²) in [6, 6.07) is 11.0. The summed E-state index contributed by atoms with van der Waals surface area (Å²) >= 11 is 9.46. The van der Waals surface area contributed by atoms with Crippen LogP contribution in [0.15, 0.2) is 52.8 Å². The molecule has 230 valence electrons. The van der Waals surface area contributed by atoms with E-state index in [0.717, 1.165) is 82.3 Å². The number of halogens is 1. The Hall–Kier alpha value is -2.94. The number of ether oxygens (including phenoxy) is 1. The van der Waals surface area contributed by atoms with E-state index in [4.69, 9.17) is 26.9 Å². The second-order valence-corrected chi connectivity index (χ2v) is 17.8. The van der Waals surface area contributed by atoms with Crippen molar-refractivity contribution in [2.24, 2.45) is 0 Å². The first-order valence-corrected chi connectivity index (χ1v) is 19.3. The Morgan fingerprint density at radius 2 is 1.86 bits per heavy atom. The lowest BCUT2D eigenvalue weighted by molar-refractivity contribution is 0.416. The van der Waals surface area contributed by atoms with Crippen LogP contribution < -0.4 is 30.9 Å². The Morgan fingerprint density at radius 3 is 2.49 bits per heavy atom. The highest BCUT2D eigenvalue weighted by Crippen LogP contribution is 2.42. The highest BCUT2D eigenvalue weighted by atomic mass is 79.9. The van der Waals surface area contributed by atoms with E-state index in [2.05, 4.69) is 87.1 Å². The van der Waals surface area contributed by atoms with Crippen LogP contribution in [0.1, 0.15) is 51.5 Å². The van der Waals surface area contributed by atoms with Gasteiger partial charge in [0.2, 0.25) is 5.95 Å². The maximum Gasteiger partial charge on any atom is 0.229 e. The van der Waals surface area contributed by atoms with Gasteiger partial charge in [0, 0.05) is 78.0 Å². The van der Waals surface area contributed by atoms with Gasteiger partial charge in [0.15, 0.2) is 0 Å². The van der Waals surface area contributed by atoms with Gasteiger partial charge in [-0.15, -0.1) is 0 Å². The molecule has 0 saturated carbocycles. The normalized spacial score (nSPS) is 13.4. The van der Waals surface area contributed by atoms with Crippen LogP contribution in [-0.4, -0.2) is 56.3 Å². The van der Waals surface area contributed by atoms with E-state index >= 15 is 0 Å². The quantitative estimate of drug-likeness (QED) is 0.107. The molecule has 0 radical (unpaired) electrons. The van der Waals surface area contributed by atoms with Crippen molar-refractivity contribution in [1.82, 2.24) is 15.3 Å². The van der Waals surface area contributed by atoms with Gasteiger partial charge in [-0.25, -0.2) is 4.98 Å². The molecule has 0 spiro atoms. The highest BCUT2D eigenvalue weighted by molar-refractivity contribution is 9.10. The molecule has 2 aromatic carbocycles. The molecule has 4 N–H and O–H groups in total. The molecule has 1 aliphatic heterocycles.